The number of nitrogens with one attached hydrogen (secondary N) is 1. The zero-order valence-electron chi connectivity index (χ0n) is 15.5. The van der Waals surface area contributed by atoms with Crippen molar-refractivity contribution in [3.8, 4) is 5.75 Å². The Bertz CT molecular complexity index is 760. The van der Waals surface area contributed by atoms with Crippen LogP contribution in [-0.4, -0.2) is 60.9 Å². The van der Waals surface area contributed by atoms with E-state index in [2.05, 4.69) is 17.1 Å². The van der Waals surface area contributed by atoms with Gasteiger partial charge in [-0.3, -0.25) is 9.59 Å². The Morgan fingerprint density at radius 3 is 2.81 bits per heavy atom. The highest BCUT2D eigenvalue weighted by atomic mass is 16.5. The second kappa shape index (κ2) is 9.23. The number of rotatable bonds is 6. The summed E-state index contributed by atoms with van der Waals surface area (Å²) in [6.07, 6.45) is 2.43. The molecule has 1 aliphatic rings. The first-order valence-corrected chi connectivity index (χ1v) is 9.23. The highest BCUT2D eigenvalue weighted by molar-refractivity contribution is 6.02. The van der Waals surface area contributed by atoms with E-state index in [1.54, 1.807) is 36.4 Å². The van der Waals surface area contributed by atoms with Gasteiger partial charge in [0.2, 0.25) is 0 Å². The smallest absolute Gasteiger partial charge is 0.291 e. The molecule has 3 rings (SSSR count). The molecule has 1 aromatic carbocycles. The summed E-state index contributed by atoms with van der Waals surface area (Å²) in [4.78, 5) is 28.7. The van der Waals surface area contributed by atoms with Crippen molar-refractivity contribution in [1.82, 2.24) is 9.80 Å². The van der Waals surface area contributed by atoms with Gasteiger partial charge < -0.3 is 24.3 Å². The number of benzene rings is 1. The summed E-state index contributed by atoms with van der Waals surface area (Å²) in [6, 6.07) is 10.2. The van der Waals surface area contributed by atoms with Crippen molar-refractivity contribution in [3.63, 3.8) is 0 Å². The van der Waals surface area contributed by atoms with E-state index in [1.807, 2.05) is 4.90 Å². The maximum Gasteiger partial charge on any atom is 0.291 e. The molecular formula is C20H25N3O4. The molecule has 0 spiro atoms. The number of amides is 2. The number of hydrogen-bond acceptors (Lipinski definition) is 5. The summed E-state index contributed by atoms with van der Waals surface area (Å²) in [5, 5.41) is 2.74. The molecule has 0 bridgehead atoms. The summed E-state index contributed by atoms with van der Waals surface area (Å²) in [7, 11) is 0. The Labute approximate surface area is 158 Å². The number of carbonyl (C=O) groups excluding carboxylic acids is 2. The van der Waals surface area contributed by atoms with E-state index in [-0.39, 0.29) is 24.2 Å². The predicted molar refractivity (Wildman–Crippen MR) is 102 cm³/mol. The van der Waals surface area contributed by atoms with Gasteiger partial charge in [-0.05, 0) is 43.8 Å². The summed E-state index contributed by atoms with van der Waals surface area (Å²) in [5.41, 5.74) is 0.578. The molecule has 2 heterocycles. The fraction of sp³-hybridized carbons (Fsp3) is 0.400. The number of hydrogen-bond donors (Lipinski definition) is 1. The second-order valence-corrected chi connectivity index (χ2v) is 6.42. The fourth-order valence-corrected chi connectivity index (χ4v) is 3.04. The molecule has 27 heavy (non-hydrogen) atoms. The molecule has 0 aliphatic carbocycles. The first-order chi connectivity index (χ1) is 13.2. The molecule has 0 atom stereocenters. The van der Waals surface area contributed by atoms with Crippen molar-refractivity contribution in [2.75, 3.05) is 44.6 Å². The van der Waals surface area contributed by atoms with Crippen molar-refractivity contribution in [3.05, 3.63) is 48.4 Å². The minimum absolute atomic E-state index is 0.0122. The molecule has 2 amide bonds. The molecule has 1 aliphatic heterocycles. The lowest BCUT2D eigenvalue weighted by atomic mass is 10.3. The summed E-state index contributed by atoms with van der Waals surface area (Å²) < 4.78 is 10.7. The number of furan rings is 1. The van der Waals surface area contributed by atoms with E-state index in [9.17, 15) is 9.59 Å². The van der Waals surface area contributed by atoms with Crippen LogP contribution in [0.1, 0.15) is 23.9 Å². The van der Waals surface area contributed by atoms with Crippen LogP contribution in [0.3, 0.4) is 0 Å². The average molecular weight is 371 g/mol. The lowest BCUT2D eigenvalue weighted by Crippen LogP contribution is -2.38. The zero-order valence-corrected chi connectivity index (χ0v) is 15.5. The minimum atomic E-state index is -0.335. The van der Waals surface area contributed by atoms with E-state index < -0.39 is 0 Å². The normalized spacial score (nSPS) is 15.2. The number of ether oxygens (including phenoxy) is 1. The first kappa shape index (κ1) is 19.0. The van der Waals surface area contributed by atoms with Crippen molar-refractivity contribution in [2.24, 2.45) is 0 Å². The maximum absolute atomic E-state index is 12.4. The molecule has 0 unspecified atom stereocenters. The van der Waals surface area contributed by atoms with Gasteiger partial charge in [0.05, 0.1) is 6.26 Å². The molecule has 1 N–H and O–H groups in total. The van der Waals surface area contributed by atoms with Crippen molar-refractivity contribution >= 4 is 17.5 Å². The van der Waals surface area contributed by atoms with E-state index in [0.717, 1.165) is 39.1 Å². The van der Waals surface area contributed by atoms with Crippen LogP contribution in [0.2, 0.25) is 0 Å². The van der Waals surface area contributed by atoms with Crippen molar-refractivity contribution in [2.45, 2.75) is 13.3 Å². The number of nitrogens with zero attached hydrogens (tertiary/aromatic N) is 2. The molecule has 1 saturated heterocycles. The first-order valence-electron chi connectivity index (χ1n) is 9.23. The Kier molecular flexibility index (Phi) is 6.49. The number of carbonyl (C=O) groups is 2. The third-order valence-electron chi connectivity index (χ3n) is 4.59. The monoisotopic (exact) mass is 371 g/mol. The lowest BCUT2D eigenvalue weighted by Gasteiger charge is -2.21. The van der Waals surface area contributed by atoms with Crippen molar-refractivity contribution in [1.29, 1.82) is 0 Å². The topological polar surface area (TPSA) is 75.0 Å². The van der Waals surface area contributed by atoms with E-state index in [4.69, 9.17) is 9.15 Å². The quantitative estimate of drug-likeness (QED) is 0.844. The third kappa shape index (κ3) is 5.34. The second-order valence-electron chi connectivity index (χ2n) is 6.42. The Morgan fingerprint density at radius 1 is 1.15 bits per heavy atom. The van der Waals surface area contributed by atoms with Crippen LogP contribution in [0.4, 0.5) is 5.69 Å². The Morgan fingerprint density at radius 2 is 2.04 bits per heavy atom. The lowest BCUT2D eigenvalue weighted by molar-refractivity contribution is -0.133. The molecule has 2 aromatic rings. The number of likely N-dealkylation sites (N-methyl/N-ethyl adjacent to an activating group) is 1. The van der Waals surface area contributed by atoms with E-state index in [0.29, 0.717) is 11.4 Å². The zero-order chi connectivity index (χ0) is 19.1. The third-order valence-corrected chi connectivity index (χ3v) is 4.59. The molecule has 7 nitrogen and oxygen atoms in total. The van der Waals surface area contributed by atoms with Gasteiger partial charge in [0.15, 0.2) is 12.4 Å². The van der Waals surface area contributed by atoms with Gasteiger partial charge in [-0.25, -0.2) is 0 Å². The molecule has 7 heteroatoms. The van der Waals surface area contributed by atoms with Crippen LogP contribution in [0.25, 0.3) is 0 Å². The standard InChI is InChI=1S/C20H25N3O4/c1-2-22-9-5-10-23(12-11-22)19(24)15-27-17-7-3-6-16(14-17)21-20(25)18-8-4-13-26-18/h3-4,6-8,13-14H,2,5,9-12,15H2,1H3,(H,21,25). The van der Waals surface area contributed by atoms with Gasteiger partial charge in [0, 0.05) is 31.4 Å². The highest BCUT2D eigenvalue weighted by Gasteiger charge is 2.18. The van der Waals surface area contributed by atoms with Gasteiger partial charge in [-0.15, -0.1) is 0 Å². The van der Waals surface area contributed by atoms with Gasteiger partial charge in [0.25, 0.3) is 11.8 Å². The van der Waals surface area contributed by atoms with Crippen LogP contribution in [-0.2, 0) is 4.79 Å². The van der Waals surface area contributed by atoms with Crippen molar-refractivity contribution < 1.29 is 18.7 Å². The summed E-state index contributed by atoms with van der Waals surface area (Å²) in [6.45, 7) is 6.55. The minimum Gasteiger partial charge on any atom is -0.484 e. The summed E-state index contributed by atoms with van der Waals surface area (Å²) >= 11 is 0. The number of anilines is 1. The van der Waals surface area contributed by atoms with Gasteiger partial charge >= 0.3 is 0 Å². The molecule has 0 saturated carbocycles. The van der Waals surface area contributed by atoms with E-state index in [1.165, 1.54) is 6.26 Å². The Balaban J connectivity index is 1.52. The van der Waals surface area contributed by atoms with Crippen LogP contribution in [0.5, 0.6) is 5.75 Å². The summed E-state index contributed by atoms with van der Waals surface area (Å²) in [5.74, 6) is 0.417. The van der Waals surface area contributed by atoms with Gasteiger partial charge in [-0.1, -0.05) is 13.0 Å². The molecule has 1 aromatic heterocycles. The molecule has 0 radical (unpaired) electrons. The van der Waals surface area contributed by atoms with Gasteiger partial charge in [0.1, 0.15) is 5.75 Å². The van der Waals surface area contributed by atoms with Crippen LogP contribution < -0.4 is 10.1 Å². The molecule has 1 fully saturated rings. The molecular weight excluding hydrogens is 346 g/mol. The SMILES string of the molecule is CCN1CCCN(C(=O)COc2cccc(NC(=O)c3ccco3)c2)CC1. The van der Waals surface area contributed by atoms with Crippen LogP contribution in [0, 0.1) is 0 Å². The van der Waals surface area contributed by atoms with Gasteiger partial charge in [-0.2, -0.15) is 0 Å². The van der Waals surface area contributed by atoms with Crippen LogP contribution in [0.15, 0.2) is 47.1 Å². The fourth-order valence-electron chi connectivity index (χ4n) is 3.04. The molecule has 144 valence electrons. The highest BCUT2D eigenvalue weighted by Crippen LogP contribution is 2.18. The Hall–Kier alpha value is -2.80. The maximum atomic E-state index is 12.4. The average Bonchev–Trinajstić information content (AvgIpc) is 3.12. The van der Waals surface area contributed by atoms with E-state index >= 15 is 0 Å². The predicted octanol–water partition coefficient (Wildman–Crippen LogP) is 2.46. The van der Waals surface area contributed by atoms with Crippen LogP contribution >= 0.6 is 0 Å². The largest absolute Gasteiger partial charge is 0.484 e.